The maximum absolute atomic E-state index is 10.8. The van der Waals surface area contributed by atoms with Crippen LogP contribution in [-0.4, -0.2) is 0 Å². The molecule has 0 aliphatic rings. The first-order chi connectivity index (χ1) is 5.86. The van der Waals surface area contributed by atoms with Crippen LogP contribution in [0.2, 0.25) is 0 Å². The molecule has 0 aliphatic carbocycles. The van der Waals surface area contributed by atoms with Crippen molar-refractivity contribution in [3.05, 3.63) is 46.3 Å². The normalized spacial score (nSPS) is 10.0. The Morgan fingerprint density at radius 1 is 1.33 bits per heavy atom. The summed E-state index contributed by atoms with van der Waals surface area (Å²) < 4.78 is 4.61. The Labute approximate surface area is 73.1 Å². The Hall–Kier alpha value is -1.35. The van der Waals surface area contributed by atoms with Gasteiger partial charge in [0.2, 0.25) is 0 Å². The van der Waals surface area contributed by atoms with Crippen LogP contribution in [0, 0.1) is 0 Å². The van der Waals surface area contributed by atoms with Gasteiger partial charge in [0.1, 0.15) is 0 Å². The Morgan fingerprint density at radius 3 is 2.92 bits per heavy atom. The summed E-state index contributed by atoms with van der Waals surface area (Å²) in [6.07, 6.45) is 1.41. The Balaban J connectivity index is 2.55. The van der Waals surface area contributed by atoms with E-state index in [2.05, 4.69) is 4.42 Å². The summed E-state index contributed by atoms with van der Waals surface area (Å²) in [5.41, 5.74) is 0.613. The molecule has 2 aromatic rings. The molecule has 12 heavy (non-hydrogen) atoms. The van der Waals surface area contributed by atoms with E-state index in [0.29, 0.717) is 0 Å². The van der Waals surface area contributed by atoms with Crippen molar-refractivity contribution in [2.75, 3.05) is 0 Å². The fourth-order valence-corrected chi connectivity index (χ4v) is 1.70. The third kappa shape index (κ3) is 1.31. The van der Waals surface area contributed by atoms with Crippen LogP contribution >= 0.6 is 11.3 Å². The van der Waals surface area contributed by atoms with Gasteiger partial charge in [-0.05, 0) is 17.5 Å². The lowest BCUT2D eigenvalue weighted by Crippen LogP contribution is -1.94. The molecule has 0 radical (unpaired) electrons. The molecule has 0 aromatic carbocycles. The van der Waals surface area contributed by atoms with E-state index in [1.54, 1.807) is 17.4 Å². The fraction of sp³-hybridized carbons (Fsp3) is 0. The molecular formula is C9H6O2S. The van der Waals surface area contributed by atoms with Crippen molar-refractivity contribution in [1.82, 2.24) is 0 Å². The number of rotatable bonds is 1. The zero-order valence-corrected chi connectivity index (χ0v) is 7.01. The molecule has 0 N–H and O–H groups in total. The van der Waals surface area contributed by atoms with Crippen LogP contribution in [0.15, 0.2) is 45.1 Å². The molecule has 60 valence electrons. The fourth-order valence-electron chi connectivity index (χ4n) is 0.980. The average molecular weight is 178 g/mol. The van der Waals surface area contributed by atoms with Crippen LogP contribution in [0.25, 0.3) is 10.4 Å². The summed E-state index contributed by atoms with van der Waals surface area (Å²) in [4.78, 5) is 11.9. The van der Waals surface area contributed by atoms with E-state index in [0.717, 1.165) is 10.4 Å². The second kappa shape index (κ2) is 2.95. The predicted octanol–water partition coefficient (Wildman–Crippen LogP) is 2.37. The topological polar surface area (TPSA) is 30.2 Å². The molecule has 0 spiro atoms. The van der Waals surface area contributed by atoms with Crippen LogP contribution in [0.4, 0.5) is 0 Å². The maximum atomic E-state index is 10.8. The molecule has 2 nitrogen and oxygen atoms in total. The molecule has 0 fully saturated rings. The van der Waals surface area contributed by atoms with Crippen molar-refractivity contribution in [2.24, 2.45) is 0 Å². The van der Waals surface area contributed by atoms with Gasteiger partial charge in [-0.2, -0.15) is 0 Å². The molecule has 2 heterocycles. The highest BCUT2D eigenvalue weighted by Gasteiger charge is 1.98. The monoisotopic (exact) mass is 178 g/mol. The summed E-state index contributed by atoms with van der Waals surface area (Å²) in [7, 11) is 0. The first-order valence-electron chi connectivity index (χ1n) is 3.49. The van der Waals surface area contributed by atoms with Crippen molar-refractivity contribution in [3.8, 4) is 10.4 Å². The van der Waals surface area contributed by atoms with Crippen LogP contribution in [0.1, 0.15) is 0 Å². The molecule has 0 bridgehead atoms. The Bertz CT molecular complexity index is 414. The molecule has 0 amide bonds. The highest BCUT2D eigenvalue weighted by Crippen LogP contribution is 2.22. The van der Waals surface area contributed by atoms with Gasteiger partial charge in [0.25, 0.3) is 0 Å². The Morgan fingerprint density at radius 2 is 2.25 bits per heavy atom. The molecule has 2 aromatic heterocycles. The first kappa shape index (κ1) is 7.31. The van der Waals surface area contributed by atoms with E-state index in [9.17, 15) is 4.79 Å². The van der Waals surface area contributed by atoms with Crippen LogP contribution < -0.4 is 5.63 Å². The highest BCUT2D eigenvalue weighted by atomic mass is 32.1. The van der Waals surface area contributed by atoms with E-state index >= 15 is 0 Å². The lowest BCUT2D eigenvalue weighted by Gasteiger charge is -1.92. The van der Waals surface area contributed by atoms with E-state index in [1.165, 1.54) is 12.3 Å². The number of hydrogen-bond acceptors (Lipinski definition) is 3. The van der Waals surface area contributed by atoms with E-state index in [-0.39, 0.29) is 5.63 Å². The lowest BCUT2D eigenvalue weighted by atomic mass is 10.2. The quantitative estimate of drug-likeness (QED) is 0.671. The van der Waals surface area contributed by atoms with E-state index < -0.39 is 0 Å². The average Bonchev–Trinajstić information content (AvgIpc) is 2.56. The number of thiophene rings is 1. The van der Waals surface area contributed by atoms with E-state index in [1.807, 2.05) is 17.5 Å². The third-order valence-corrected chi connectivity index (χ3v) is 2.43. The predicted molar refractivity (Wildman–Crippen MR) is 48.3 cm³/mol. The van der Waals surface area contributed by atoms with Crippen LogP contribution in [0.5, 0.6) is 0 Å². The van der Waals surface area contributed by atoms with Crippen molar-refractivity contribution in [2.45, 2.75) is 0 Å². The molecular weight excluding hydrogens is 172 g/mol. The maximum Gasteiger partial charge on any atom is 0.336 e. The van der Waals surface area contributed by atoms with Crippen LogP contribution in [0.3, 0.4) is 0 Å². The minimum absolute atomic E-state index is 0.305. The second-order valence-electron chi connectivity index (χ2n) is 2.32. The van der Waals surface area contributed by atoms with Gasteiger partial charge in [-0.1, -0.05) is 6.07 Å². The SMILES string of the molecule is O=c1cc(-c2cccs2)cco1. The van der Waals surface area contributed by atoms with Crippen molar-refractivity contribution < 1.29 is 4.42 Å². The van der Waals surface area contributed by atoms with Gasteiger partial charge in [-0.15, -0.1) is 11.3 Å². The van der Waals surface area contributed by atoms with Crippen LogP contribution in [-0.2, 0) is 0 Å². The van der Waals surface area contributed by atoms with Crippen molar-refractivity contribution in [3.63, 3.8) is 0 Å². The van der Waals surface area contributed by atoms with Gasteiger partial charge in [-0.3, -0.25) is 0 Å². The minimum Gasteiger partial charge on any atom is -0.431 e. The Kier molecular flexibility index (Phi) is 1.80. The molecule has 2 rings (SSSR count). The summed E-state index contributed by atoms with van der Waals surface area (Å²) in [6.45, 7) is 0. The second-order valence-corrected chi connectivity index (χ2v) is 3.26. The van der Waals surface area contributed by atoms with Gasteiger partial charge in [0.15, 0.2) is 0 Å². The third-order valence-electron chi connectivity index (χ3n) is 1.51. The highest BCUT2D eigenvalue weighted by molar-refractivity contribution is 7.13. The molecule has 0 saturated carbocycles. The van der Waals surface area contributed by atoms with Gasteiger partial charge in [0, 0.05) is 16.5 Å². The molecule has 0 aliphatic heterocycles. The number of hydrogen-bond donors (Lipinski definition) is 0. The summed E-state index contributed by atoms with van der Waals surface area (Å²) in [5.74, 6) is 0. The zero-order valence-electron chi connectivity index (χ0n) is 6.19. The van der Waals surface area contributed by atoms with Gasteiger partial charge in [0.05, 0.1) is 6.26 Å². The van der Waals surface area contributed by atoms with E-state index in [4.69, 9.17) is 0 Å². The summed E-state index contributed by atoms with van der Waals surface area (Å²) in [5, 5.41) is 1.98. The molecule has 3 heteroatoms. The molecule has 0 unspecified atom stereocenters. The van der Waals surface area contributed by atoms with Crippen molar-refractivity contribution >= 4 is 11.3 Å². The van der Waals surface area contributed by atoms with Gasteiger partial charge in [-0.25, -0.2) is 4.79 Å². The van der Waals surface area contributed by atoms with Gasteiger partial charge >= 0.3 is 5.63 Å². The largest absolute Gasteiger partial charge is 0.431 e. The van der Waals surface area contributed by atoms with Crippen molar-refractivity contribution in [1.29, 1.82) is 0 Å². The first-order valence-corrected chi connectivity index (χ1v) is 4.37. The molecule has 0 saturated heterocycles. The minimum atomic E-state index is -0.305. The summed E-state index contributed by atoms with van der Waals surface area (Å²) >= 11 is 1.60. The zero-order chi connectivity index (χ0) is 8.39. The smallest absolute Gasteiger partial charge is 0.336 e. The summed E-state index contributed by atoms with van der Waals surface area (Å²) in [6, 6.07) is 7.20. The molecule has 0 atom stereocenters. The van der Waals surface area contributed by atoms with Gasteiger partial charge < -0.3 is 4.42 Å². The lowest BCUT2D eigenvalue weighted by molar-refractivity contribution is 0.511. The standard InChI is InChI=1S/C9H6O2S/c10-9-6-7(3-4-11-9)8-2-1-5-12-8/h1-6H.